The molecule has 4 nitrogen and oxygen atoms in total. The molecular formula is C100H68N4. The molecule has 488 valence electrons. The third-order valence-electron chi connectivity index (χ3n) is 22.9. The van der Waals surface area contributed by atoms with Crippen molar-refractivity contribution in [2.24, 2.45) is 0 Å². The van der Waals surface area contributed by atoms with Crippen LogP contribution in [0.1, 0.15) is 47.2 Å². The molecule has 0 unspecified atom stereocenters. The van der Waals surface area contributed by atoms with E-state index in [4.69, 9.17) is 0 Å². The molecule has 20 aromatic rings. The first-order chi connectivity index (χ1) is 51.4. The summed E-state index contributed by atoms with van der Waals surface area (Å²) in [4.78, 5) is 0. The van der Waals surface area contributed by atoms with Gasteiger partial charge in [-0.05, 0) is 199 Å². The lowest BCUT2D eigenvalue weighted by molar-refractivity contribution is 0.660. The standard InChI is InChI=1S/C55H36N2.C45H32N2/c1-4-16-39(17-5-1)55(40-18-6-2-7-19-40)49-25-13-10-22-43(49)46-36-42(30-31-50(46)55)57-52-27-15-12-24-45(52)48-35-38(29-33-54(48)57)37-28-32-53-47(34-37)44-23-11-14-26-51(44)56(53)41-20-8-3-9-21-41;1-45(2)39-17-9-6-14-33(39)36-28-32(22-23-40(36)45)47-42-19-11-8-16-35(42)38-27-30(21-25-44(38)47)29-20-24-43-37(26-29)34-15-7-10-18-41(34)46(43)31-12-4-3-5-13-31/h1-36H;3-28H,1-2H3. The van der Waals surface area contributed by atoms with Crippen LogP contribution < -0.4 is 0 Å². The molecule has 4 heterocycles. The summed E-state index contributed by atoms with van der Waals surface area (Å²) in [7, 11) is 0. The molecule has 0 saturated carbocycles. The van der Waals surface area contributed by atoms with Crippen LogP contribution in [0.2, 0.25) is 0 Å². The minimum Gasteiger partial charge on any atom is -0.309 e. The van der Waals surface area contributed by atoms with E-state index < -0.39 is 5.41 Å². The van der Waals surface area contributed by atoms with Gasteiger partial charge in [0.15, 0.2) is 0 Å². The van der Waals surface area contributed by atoms with Gasteiger partial charge < -0.3 is 18.3 Å². The van der Waals surface area contributed by atoms with E-state index >= 15 is 0 Å². The average Bonchev–Trinajstić information content (AvgIpc) is 1.52. The molecule has 0 radical (unpaired) electrons. The van der Waals surface area contributed by atoms with Crippen molar-refractivity contribution in [3.05, 3.63) is 409 Å². The summed E-state index contributed by atoms with van der Waals surface area (Å²) in [5.74, 6) is 0. The highest BCUT2D eigenvalue weighted by molar-refractivity contribution is 6.15. The van der Waals surface area contributed by atoms with Gasteiger partial charge in [0.2, 0.25) is 0 Å². The Labute approximate surface area is 603 Å². The topological polar surface area (TPSA) is 19.7 Å². The van der Waals surface area contributed by atoms with Crippen molar-refractivity contribution in [1.82, 2.24) is 18.3 Å². The summed E-state index contributed by atoms with van der Waals surface area (Å²) in [6.45, 7) is 4.69. The van der Waals surface area contributed by atoms with Crippen molar-refractivity contribution in [2.45, 2.75) is 24.7 Å². The largest absolute Gasteiger partial charge is 0.309 e. The number of hydrogen-bond acceptors (Lipinski definition) is 0. The molecule has 0 fully saturated rings. The van der Waals surface area contributed by atoms with Crippen LogP contribution in [0.4, 0.5) is 0 Å². The van der Waals surface area contributed by atoms with Crippen molar-refractivity contribution in [1.29, 1.82) is 0 Å². The van der Waals surface area contributed by atoms with Gasteiger partial charge in [-0.1, -0.05) is 269 Å². The van der Waals surface area contributed by atoms with Crippen molar-refractivity contribution in [3.63, 3.8) is 0 Å². The lowest BCUT2D eigenvalue weighted by Crippen LogP contribution is -2.28. The number of nitrogens with zero attached hydrogens (tertiary/aromatic N) is 4. The average molecular weight is 1330 g/mol. The van der Waals surface area contributed by atoms with Crippen LogP contribution in [-0.2, 0) is 10.8 Å². The van der Waals surface area contributed by atoms with Crippen LogP contribution in [0, 0.1) is 0 Å². The first-order valence-electron chi connectivity index (χ1n) is 36.2. The zero-order valence-corrected chi connectivity index (χ0v) is 57.6. The summed E-state index contributed by atoms with van der Waals surface area (Å²) in [6, 6.07) is 139. The summed E-state index contributed by atoms with van der Waals surface area (Å²) in [6.07, 6.45) is 0. The second-order valence-electron chi connectivity index (χ2n) is 28.7. The highest BCUT2D eigenvalue weighted by Gasteiger charge is 2.46. The predicted molar refractivity (Wildman–Crippen MR) is 436 cm³/mol. The first kappa shape index (κ1) is 59.6. The highest BCUT2D eigenvalue weighted by atomic mass is 15.0. The Morgan fingerprint density at radius 2 is 0.452 bits per heavy atom. The molecule has 16 aromatic carbocycles. The van der Waals surface area contributed by atoms with Gasteiger partial charge in [-0.2, -0.15) is 0 Å². The molecule has 0 N–H and O–H groups in total. The van der Waals surface area contributed by atoms with Gasteiger partial charge in [0.1, 0.15) is 0 Å². The van der Waals surface area contributed by atoms with E-state index in [0.717, 1.165) is 5.69 Å². The van der Waals surface area contributed by atoms with Crippen molar-refractivity contribution >= 4 is 87.2 Å². The molecule has 0 aliphatic heterocycles. The van der Waals surface area contributed by atoms with Gasteiger partial charge in [0.05, 0.1) is 49.5 Å². The Balaban J connectivity index is 0.000000137. The predicted octanol–water partition coefficient (Wildman–Crippen LogP) is 25.8. The first-order valence-corrected chi connectivity index (χ1v) is 36.2. The van der Waals surface area contributed by atoms with E-state index in [0.29, 0.717) is 0 Å². The van der Waals surface area contributed by atoms with Crippen LogP contribution in [-0.4, -0.2) is 18.3 Å². The second kappa shape index (κ2) is 23.1. The number of benzene rings is 16. The lowest BCUT2D eigenvalue weighted by atomic mass is 9.68. The van der Waals surface area contributed by atoms with Gasteiger partial charge in [0.25, 0.3) is 0 Å². The SMILES string of the molecule is CC1(C)c2ccccc2-c2cc(-n3c4ccccc4c4cc(-c5ccc6c(c5)c5ccccc5n6-c5ccccc5)ccc43)ccc21.c1ccc(-n2c3ccccc3c3cc(-c4ccc5c(c4)c4ccccc4n5-c4ccc5c(c4)-c4ccccc4C5(c4ccccc4)c4ccccc4)ccc32)cc1. The van der Waals surface area contributed by atoms with Crippen molar-refractivity contribution < 1.29 is 0 Å². The second-order valence-corrected chi connectivity index (χ2v) is 28.7. The number of hydrogen-bond donors (Lipinski definition) is 0. The number of para-hydroxylation sites is 6. The van der Waals surface area contributed by atoms with Gasteiger partial charge >= 0.3 is 0 Å². The molecule has 0 atom stereocenters. The highest BCUT2D eigenvalue weighted by Crippen LogP contribution is 2.57. The molecule has 4 aromatic heterocycles. The molecular weight excluding hydrogens is 1260 g/mol. The fourth-order valence-electron chi connectivity index (χ4n) is 18.3. The Morgan fingerprint density at radius 3 is 0.846 bits per heavy atom. The summed E-state index contributed by atoms with van der Waals surface area (Å²) < 4.78 is 9.66. The van der Waals surface area contributed by atoms with Gasteiger partial charge in [-0.3, -0.25) is 0 Å². The van der Waals surface area contributed by atoms with Crippen molar-refractivity contribution in [3.8, 4) is 67.3 Å². The monoisotopic (exact) mass is 1320 g/mol. The molecule has 0 amide bonds. The Kier molecular flexibility index (Phi) is 13.3. The van der Waals surface area contributed by atoms with E-state index in [1.54, 1.807) is 0 Å². The Bertz CT molecular complexity index is 6820. The van der Waals surface area contributed by atoms with E-state index in [9.17, 15) is 0 Å². The van der Waals surface area contributed by atoms with Crippen LogP contribution in [0.3, 0.4) is 0 Å². The molecule has 104 heavy (non-hydrogen) atoms. The van der Waals surface area contributed by atoms with Crippen LogP contribution in [0.5, 0.6) is 0 Å². The maximum Gasteiger partial charge on any atom is 0.0713 e. The van der Waals surface area contributed by atoms with Crippen LogP contribution in [0.25, 0.3) is 154 Å². The molecule has 0 spiro atoms. The zero-order valence-electron chi connectivity index (χ0n) is 57.6. The minimum atomic E-state index is -0.419. The van der Waals surface area contributed by atoms with E-state index in [-0.39, 0.29) is 5.41 Å². The maximum absolute atomic E-state index is 2.46. The Hall–Kier alpha value is -13.3. The Morgan fingerprint density at radius 1 is 0.183 bits per heavy atom. The number of fused-ring (bicyclic) bond motifs is 18. The van der Waals surface area contributed by atoms with Gasteiger partial charge in [-0.15, -0.1) is 0 Å². The third-order valence-corrected chi connectivity index (χ3v) is 22.9. The number of rotatable bonds is 8. The molecule has 0 saturated heterocycles. The normalized spacial score (nSPS) is 13.2. The molecule has 2 aliphatic rings. The molecule has 4 heteroatoms. The third kappa shape index (κ3) is 8.79. The minimum absolute atomic E-state index is 0.00527. The fraction of sp³-hybridized carbons (Fsp3) is 0.0400. The quantitative estimate of drug-likeness (QED) is 0.144. The van der Waals surface area contributed by atoms with Gasteiger partial charge in [0, 0.05) is 71.3 Å². The molecule has 2 aliphatic carbocycles. The summed E-state index contributed by atoms with van der Waals surface area (Å²) in [5.41, 5.74) is 32.2. The zero-order chi connectivity index (χ0) is 68.8. The summed E-state index contributed by atoms with van der Waals surface area (Å²) >= 11 is 0. The maximum atomic E-state index is 2.46. The van der Waals surface area contributed by atoms with Crippen LogP contribution in [0.15, 0.2) is 376 Å². The van der Waals surface area contributed by atoms with E-state index in [1.807, 2.05) is 0 Å². The molecule has 22 rings (SSSR count). The lowest BCUT2D eigenvalue weighted by Gasteiger charge is -2.33. The fourth-order valence-corrected chi connectivity index (χ4v) is 18.3. The molecule has 0 bridgehead atoms. The van der Waals surface area contributed by atoms with E-state index in [1.165, 1.54) is 182 Å². The van der Waals surface area contributed by atoms with Crippen molar-refractivity contribution in [2.75, 3.05) is 0 Å². The van der Waals surface area contributed by atoms with Crippen LogP contribution >= 0.6 is 0 Å². The van der Waals surface area contributed by atoms with Gasteiger partial charge in [-0.25, -0.2) is 0 Å². The summed E-state index contributed by atoms with van der Waals surface area (Å²) in [5, 5.41) is 10.1. The smallest absolute Gasteiger partial charge is 0.0713 e. The number of aromatic nitrogens is 4. The van der Waals surface area contributed by atoms with E-state index in [2.05, 4.69) is 408 Å².